The molecule has 0 aliphatic carbocycles. The molecule has 0 radical (unpaired) electrons. The second kappa shape index (κ2) is 9.02. The lowest BCUT2D eigenvalue weighted by atomic mass is 9.97. The maximum Gasteiger partial charge on any atom is 0.281 e. The van der Waals surface area contributed by atoms with Crippen molar-refractivity contribution in [1.82, 2.24) is 14.7 Å². The first-order valence-electron chi connectivity index (χ1n) is 10.8. The molecule has 1 aromatic carbocycles. The van der Waals surface area contributed by atoms with Crippen LogP contribution in [0.5, 0.6) is 11.6 Å². The van der Waals surface area contributed by atoms with Crippen LogP contribution in [0.25, 0.3) is 0 Å². The number of anilines is 1. The van der Waals surface area contributed by atoms with Gasteiger partial charge in [0.1, 0.15) is 17.4 Å². The molecule has 1 aliphatic heterocycles. The molecule has 1 N–H and O–H groups in total. The summed E-state index contributed by atoms with van der Waals surface area (Å²) < 4.78 is 46.6. The first-order chi connectivity index (χ1) is 16.0. The van der Waals surface area contributed by atoms with Gasteiger partial charge < -0.3 is 9.64 Å². The van der Waals surface area contributed by atoms with Crippen LogP contribution >= 0.6 is 0 Å². The molecule has 8 nitrogen and oxygen atoms in total. The van der Waals surface area contributed by atoms with Gasteiger partial charge in [0, 0.05) is 24.3 Å². The summed E-state index contributed by atoms with van der Waals surface area (Å²) >= 11 is 0. The van der Waals surface area contributed by atoms with Crippen molar-refractivity contribution in [3.63, 3.8) is 0 Å². The minimum atomic E-state index is -4.31. The van der Waals surface area contributed by atoms with Crippen molar-refractivity contribution in [2.45, 2.75) is 37.8 Å². The van der Waals surface area contributed by atoms with Crippen LogP contribution in [0.2, 0.25) is 0 Å². The summed E-state index contributed by atoms with van der Waals surface area (Å²) in [5.41, 5.74) is -0.0677. The number of pyridine rings is 2. The van der Waals surface area contributed by atoms with E-state index in [1.54, 1.807) is 18.3 Å². The topological polar surface area (TPSA) is 101 Å². The third-order valence-electron chi connectivity index (χ3n) is 5.60. The van der Waals surface area contributed by atoms with E-state index in [0.29, 0.717) is 18.3 Å². The lowest BCUT2D eigenvalue weighted by Crippen LogP contribution is -2.41. The second-order valence-corrected chi connectivity index (χ2v) is 10.5. The molecule has 1 unspecified atom stereocenters. The van der Waals surface area contributed by atoms with Gasteiger partial charge in [0.2, 0.25) is 5.88 Å². The number of aromatic nitrogens is 2. The normalized spacial score (nSPS) is 17.4. The molecule has 0 spiro atoms. The maximum absolute atomic E-state index is 13.1. The van der Waals surface area contributed by atoms with Gasteiger partial charge in [0.15, 0.2) is 5.03 Å². The number of hydrogen-bond acceptors (Lipinski definition) is 7. The Bertz CT molecular complexity index is 1310. The summed E-state index contributed by atoms with van der Waals surface area (Å²) in [5.74, 6) is -0.117. The first-order valence-corrected chi connectivity index (χ1v) is 12.2. The van der Waals surface area contributed by atoms with E-state index in [-0.39, 0.29) is 27.8 Å². The number of ether oxygens (including phenoxy) is 1. The number of halogens is 1. The molecule has 178 valence electrons. The zero-order chi connectivity index (χ0) is 24.5. The summed E-state index contributed by atoms with van der Waals surface area (Å²) in [6.07, 6.45) is 2.51. The van der Waals surface area contributed by atoms with Crippen LogP contribution in [-0.2, 0) is 10.0 Å². The number of carbonyl (C=O) groups is 1. The van der Waals surface area contributed by atoms with Gasteiger partial charge in [-0.05, 0) is 68.7 Å². The van der Waals surface area contributed by atoms with Crippen molar-refractivity contribution >= 4 is 21.7 Å². The molecule has 4 rings (SSSR count). The van der Waals surface area contributed by atoms with Crippen molar-refractivity contribution in [3.8, 4) is 11.6 Å². The molecule has 0 saturated carbocycles. The summed E-state index contributed by atoms with van der Waals surface area (Å²) in [6.45, 7) is 6.98. The van der Waals surface area contributed by atoms with E-state index in [1.807, 2.05) is 4.90 Å². The average molecular weight is 485 g/mol. The molecule has 3 heterocycles. The molecular weight excluding hydrogens is 459 g/mol. The van der Waals surface area contributed by atoms with Gasteiger partial charge in [-0.1, -0.05) is 13.0 Å². The predicted octanol–water partition coefficient (Wildman–Crippen LogP) is 4.15. The summed E-state index contributed by atoms with van der Waals surface area (Å²) in [7, 11) is -4.31. The molecule has 1 atom stereocenters. The number of carbonyl (C=O) groups excluding carboxylic acids is 1. The Hall–Kier alpha value is -3.53. The van der Waals surface area contributed by atoms with Gasteiger partial charge in [-0.15, -0.1) is 0 Å². The fourth-order valence-electron chi connectivity index (χ4n) is 4.20. The van der Waals surface area contributed by atoms with Gasteiger partial charge >= 0.3 is 0 Å². The zero-order valence-electron chi connectivity index (χ0n) is 19.0. The fourth-order valence-corrected chi connectivity index (χ4v) is 5.13. The standard InChI is InChI=1S/C24H25FN4O4S/c1-16-14-24(2,3)29(15-16)22-19(6-5-13-26-22)23(30)28-34(31,32)21-8-4-7-20(27-21)33-18-11-9-17(25)10-12-18/h4-13,16H,14-15H2,1-3H3,(H,28,30). The van der Waals surface area contributed by atoms with Crippen LogP contribution < -0.4 is 14.4 Å². The summed E-state index contributed by atoms with van der Waals surface area (Å²) in [6, 6.07) is 12.5. The Labute approximate surface area is 197 Å². The van der Waals surface area contributed by atoms with E-state index < -0.39 is 21.7 Å². The number of amides is 1. The number of nitrogens with zero attached hydrogens (tertiary/aromatic N) is 3. The highest BCUT2D eigenvalue weighted by Crippen LogP contribution is 2.37. The molecule has 1 amide bonds. The lowest BCUT2D eigenvalue weighted by molar-refractivity contribution is 0.0981. The van der Waals surface area contributed by atoms with E-state index in [1.165, 1.54) is 42.5 Å². The first kappa shape index (κ1) is 23.6. The fraction of sp³-hybridized carbons (Fsp3) is 0.292. The highest BCUT2D eigenvalue weighted by atomic mass is 32.2. The van der Waals surface area contributed by atoms with E-state index in [9.17, 15) is 17.6 Å². The highest BCUT2D eigenvalue weighted by Gasteiger charge is 2.39. The Kier molecular flexibility index (Phi) is 6.26. The second-order valence-electron chi connectivity index (χ2n) is 8.91. The number of rotatable bonds is 6. The van der Waals surface area contributed by atoms with E-state index in [4.69, 9.17) is 4.74 Å². The average Bonchev–Trinajstić information content (AvgIpc) is 3.07. The van der Waals surface area contributed by atoms with Crippen LogP contribution in [0.15, 0.2) is 65.8 Å². The van der Waals surface area contributed by atoms with Crippen molar-refractivity contribution in [3.05, 3.63) is 72.2 Å². The van der Waals surface area contributed by atoms with Gasteiger partial charge in [0.05, 0.1) is 5.56 Å². The van der Waals surface area contributed by atoms with Gasteiger partial charge in [0.25, 0.3) is 15.9 Å². The van der Waals surface area contributed by atoms with Crippen molar-refractivity contribution in [1.29, 1.82) is 0 Å². The minimum Gasteiger partial charge on any atom is -0.439 e. The third kappa shape index (κ3) is 5.01. The minimum absolute atomic E-state index is 0.0168. The molecule has 1 fully saturated rings. The maximum atomic E-state index is 13.1. The van der Waals surface area contributed by atoms with Crippen LogP contribution in [0.4, 0.5) is 10.2 Å². The molecule has 2 aromatic heterocycles. The van der Waals surface area contributed by atoms with Gasteiger partial charge in [-0.2, -0.15) is 13.4 Å². The Morgan fingerprint density at radius 1 is 1.15 bits per heavy atom. The lowest BCUT2D eigenvalue weighted by Gasteiger charge is -2.33. The zero-order valence-corrected chi connectivity index (χ0v) is 19.8. The monoisotopic (exact) mass is 484 g/mol. The van der Waals surface area contributed by atoms with E-state index >= 15 is 0 Å². The smallest absolute Gasteiger partial charge is 0.281 e. The summed E-state index contributed by atoms with van der Waals surface area (Å²) in [4.78, 5) is 23.5. The Morgan fingerprint density at radius 2 is 1.88 bits per heavy atom. The third-order valence-corrected chi connectivity index (χ3v) is 6.83. The highest BCUT2D eigenvalue weighted by molar-refractivity contribution is 7.90. The molecule has 1 aliphatic rings. The number of benzene rings is 1. The molecule has 1 saturated heterocycles. The van der Waals surface area contributed by atoms with Crippen molar-refractivity contribution < 1.29 is 22.3 Å². The molecule has 3 aromatic rings. The number of sulfonamides is 1. The van der Waals surface area contributed by atoms with Crippen LogP contribution in [0, 0.1) is 11.7 Å². The molecular formula is C24H25FN4O4S. The van der Waals surface area contributed by atoms with Gasteiger partial charge in [-0.25, -0.2) is 14.1 Å². The van der Waals surface area contributed by atoms with Crippen molar-refractivity contribution in [2.24, 2.45) is 5.92 Å². The SMILES string of the molecule is CC1CN(c2ncccc2C(=O)NS(=O)(=O)c2cccc(Oc3ccc(F)cc3)n2)C(C)(C)C1. The van der Waals surface area contributed by atoms with Crippen molar-refractivity contribution in [2.75, 3.05) is 11.4 Å². The van der Waals surface area contributed by atoms with Crippen LogP contribution in [0.3, 0.4) is 0 Å². The molecule has 0 bridgehead atoms. The number of nitrogens with one attached hydrogen (secondary N) is 1. The quantitative estimate of drug-likeness (QED) is 0.561. The van der Waals surface area contributed by atoms with E-state index in [0.717, 1.165) is 6.42 Å². The van der Waals surface area contributed by atoms with Crippen LogP contribution in [-0.4, -0.2) is 36.4 Å². The van der Waals surface area contributed by atoms with Crippen LogP contribution in [0.1, 0.15) is 37.6 Å². The predicted molar refractivity (Wildman–Crippen MR) is 125 cm³/mol. The Morgan fingerprint density at radius 3 is 2.56 bits per heavy atom. The Balaban J connectivity index is 1.57. The van der Waals surface area contributed by atoms with E-state index in [2.05, 4.69) is 35.5 Å². The van der Waals surface area contributed by atoms with Gasteiger partial charge in [-0.3, -0.25) is 4.79 Å². The number of hydrogen-bond donors (Lipinski definition) is 1. The molecule has 10 heteroatoms. The molecule has 34 heavy (non-hydrogen) atoms. The summed E-state index contributed by atoms with van der Waals surface area (Å²) in [5, 5.41) is -0.388. The largest absolute Gasteiger partial charge is 0.439 e.